The van der Waals surface area contributed by atoms with Crippen LogP contribution in [0.2, 0.25) is 0 Å². The molecule has 1 unspecified atom stereocenters. The minimum Gasteiger partial charge on any atom is -0.465 e. The van der Waals surface area contributed by atoms with Crippen LogP contribution in [0.1, 0.15) is 32.0 Å². The lowest BCUT2D eigenvalue weighted by Crippen LogP contribution is -2.44. The first-order chi connectivity index (χ1) is 15.3. The average Bonchev–Trinajstić information content (AvgIpc) is 3.04. The van der Waals surface area contributed by atoms with E-state index in [0.29, 0.717) is 9.67 Å². The fourth-order valence-electron chi connectivity index (χ4n) is 3.35. The molecular formula is C22H24F2N4O4S. The molecule has 0 aliphatic carbocycles. The number of rotatable bonds is 6. The molecule has 0 aliphatic heterocycles. The summed E-state index contributed by atoms with van der Waals surface area (Å²) in [6.07, 6.45) is 0.734. The molecule has 0 saturated heterocycles. The Balaban J connectivity index is 2.25. The summed E-state index contributed by atoms with van der Waals surface area (Å²) >= 11 is 0. The molecule has 2 N–H and O–H groups in total. The summed E-state index contributed by atoms with van der Waals surface area (Å²) in [6, 6.07) is 6.17. The van der Waals surface area contributed by atoms with Crippen LogP contribution < -0.4 is 5.32 Å². The molecule has 0 aliphatic rings. The predicted octanol–water partition coefficient (Wildman–Crippen LogP) is 3.99. The van der Waals surface area contributed by atoms with Crippen LogP contribution in [0.5, 0.6) is 0 Å². The number of aromatic nitrogens is 3. The third-order valence-corrected chi connectivity index (χ3v) is 6.71. The number of pyridine rings is 2. The lowest BCUT2D eigenvalue weighted by molar-refractivity contribution is 0.174. The molecule has 8 nitrogen and oxygen atoms in total. The van der Waals surface area contributed by atoms with E-state index in [0.717, 1.165) is 12.4 Å². The van der Waals surface area contributed by atoms with Gasteiger partial charge in [0.2, 0.25) is 5.95 Å². The maximum Gasteiger partial charge on any atom is 0.404 e. The van der Waals surface area contributed by atoms with E-state index in [4.69, 9.17) is 0 Å². The zero-order valence-corrected chi connectivity index (χ0v) is 19.3. The summed E-state index contributed by atoms with van der Waals surface area (Å²) in [4.78, 5) is 18.8. The van der Waals surface area contributed by atoms with E-state index in [1.54, 1.807) is 33.8 Å². The lowest BCUT2D eigenvalue weighted by Gasteiger charge is -2.30. The number of halogens is 2. The highest BCUT2D eigenvalue weighted by Gasteiger charge is 2.33. The van der Waals surface area contributed by atoms with Crippen molar-refractivity contribution in [2.45, 2.75) is 45.2 Å². The van der Waals surface area contributed by atoms with Gasteiger partial charge in [-0.05, 0) is 43.0 Å². The summed E-state index contributed by atoms with van der Waals surface area (Å²) in [5, 5.41) is 11.2. The van der Waals surface area contributed by atoms with E-state index in [1.807, 2.05) is 0 Å². The summed E-state index contributed by atoms with van der Waals surface area (Å²) in [5.41, 5.74) is -1.18. The molecule has 3 heterocycles. The average molecular weight is 479 g/mol. The van der Waals surface area contributed by atoms with Crippen molar-refractivity contribution in [1.82, 2.24) is 19.3 Å². The Morgan fingerprint density at radius 3 is 2.48 bits per heavy atom. The van der Waals surface area contributed by atoms with Crippen molar-refractivity contribution in [1.29, 1.82) is 0 Å². The Kier molecular flexibility index (Phi) is 6.55. The highest BCUT2D eigenvalue weighted by molar-refractivity contribution is 7.90. The number of nitrogens with zero attached hydrogens (tertiary/aromatic N) is 3. The van der Waals surface area contributed by atoms with E-state index < -0.39 is 45.0 Å². The molecule has 176 valence electrons. The number of nitrogens with one attached hydrogen (secondary N) is 1. The van der Waals surface area contributed by atoms with Gasteiger partial charge < -0.3 is 10.4 Å². The molecule has 3 rings (SSSR count). The maximum absolute atomic E-state index is 15.7. The SMILES string of the molecule is Cc1cccc(S(=O)(=O)n2cc(CC(NC(=O)O)C(C)(C)C)c(F)c2-c2cccnc2F)n1. The molecule has 3 aromatic heterocycles. The molecule has 11 heteroatoms. The van der Waals surface area contributed by atoms with Gasteiger partial charge in [-0.1, -0.05) is 26.8 Å². The number of carbonyl (C=O) groups is 1. The molecule has 1 amide bonds. The molecule has 0 bridgehead atoms. The van der Waals surface area contributed by atoms with Gasteiger partial charge in [0.25, 0.3) is 10.0 Å². The monoisotopic (exact) mass is 478 g/mol. The van der Waals surface area contributed by atoms with Crippen LogP contribution in [0, 0.1) is 24.1 Å². The topological polar surface area (TPSA) is 114 Å². The highest BCUT2D eigenvalue weighted by atomic mass is 32.2. The molecule has 3 aromatic rings. The van der Waals surface area contributed by atoms with Crippen molar-refractivity contribution >= 4 is 16.1 Å². The van der Waals surface area contributed by atoms with Crippen molar-refractivity contribution in [3.8, 4) is 11.3 Å². The van der Waals surface area contributed by atoms with Gasteiger partial charge in [-0.25, -0.2) is 23.1 Å². The zero-order chi connectivity index (χ0) is 24.6. The summed E-state index contributed by atoms with van der Waals surface area (Å²) in [7, 11) is -4.42. The molecule has 0 fully saturated rings. The summed E-state index contributed by atoms with van der Waals surface area (Å²) < 4.78 is 57.7. The van der Waals surface area contributed by atoms with Gasteiger partial charge in [-0.15, -0.1) is 0 Å². The number of amides is 1. The minimum atomic E-state index is -4.42. The van der Waals surface area contributed by atoms with Crippen LogP contribution >= 0.6 is 0 Å². The largest absolute Gasteiger partial charge is 0.465 e. The highest BCUT2D eigenvalue weighted by Crippen LogP contribution is 2.33. The van der Waals surface area contributed by atoms with Crippen LogP contribution in [-0.2, 0) is 16.4 Å². The van der Waals surface area contributed by atoms with Crippen LogP contribution in [0.15, 0.2) is 47.8 Å². The predicted molar refractivity (Wildman–Crippen MR) is 117 cm³/mol. The van der Waals surface area contributed by atoms with Crippen LogP contribution in [-0.4, -0.2) is 39.6 Å². The van der Waals surface area contributed by atoms with Gasteiger partial charge in [0.1, 0.15) is 5.69 Å². The Morgan fingerprint density at radius 1 is 1.21 bits per heavy atom. The van der Waals surface area contributed by atoms with Gasteiger partial charge in [-0.2, -0.15) is 12.8 Å². The summed E-state index contributed by atoms with van der Waals surface area (Å²) in [6.45, 7) is 6.89. The van der Waals surface area contributed by atoms with Gasteiger partial charge in [0.05, 0.1) is 5.56 Å². The standard InChI is InChI=1S/C22H24F2N4O4S/c1-13-7-5-9-17(26-13)33(31,32)28-12-14(11-16(22(2,3)4)27-21(29)30)18(23)19(28)15-8-6-10-25-20(15)24/h5-10,12,16,27H,11H2,1-4H3,(H,29,30). The maximum atomic E-state index is 15.7. The number of aryl methyl sites for hydroxylation is 1. The lowest BCUT2D eigenvalue weighted by atomic mass is 9.83. The molecule has 0 spiro atoms. The van der Waals surface area contributed by atoms with E-state index in [-0.39, 0.29) is 22.6 Å². The second kappa shape index (κ2) is 8.89. The normalized spacial score (nSPS) is 13.0. The van der Waals surface area contributed by atoms with Gasteiger partial charge in [-0.3, -0.25) is 0 Å². The third kappa shape index (κ3) is 5.03. The van der Waals surface area contributed by atoms with Crippen LogP contribution in [0.25, 0.3) is 11.3 Å². The second-order valence-corrected chi connectivity index (χ2v) is 10.4. The molecule has 0 radical (unpaired) electrons. The van der Waals surface area contributed by atoms with E-state index in [9.17, 15) is 22.7 Å². The van der Waals surface area contributed by atoms with Crippen molar-refractivity contribution in [2.24, 2.45) is 5.41 Å². The third-order valence-electron chi connectivity index (χ3n) is 5.15. The number of hydrogen-bond acceptors (Lipinski definition) is 5. The molecule has 0 saturated carbocycles. The minimum absolute atomic E-state index is 0.0989. The van der Waals surface area contributed by atoms with Gasteiger partial charge in [0.15, 0.2) is 10.8 Å². The number of carboxylic acid groups (broad SMARTS) is 1. The van der Waals surface area contributed by atoms with Gasteiger partial charge >= 0.3 is 6.09 Å². The summed E-state index contributed by atoms with van der Waals surface area (Å²) in [5.74, 6) is -2.04. The molecule has 0 aromatic carbocycles. The molecule has 33 heavy (non-hydrogen) atoms. The first-order valence-electron chi connectivity index (χ1n) is 10.0. The number of hydrogen-bond donors (Lipinski definition) is 2. The van der Waals surface area contributed by atoms with Crippen LogP contribution in [0.3, 0.4) is 0 Å². The quantitative estimate of drug-likeness (QED) is 0.518. The molecular weight excluding hydrogens is 454 g/mol. The Morgan fingerprint density at radius 2 is 1.91 bits per heavy atom. The van der Waals surface area contributed by atoms with Crippen molar-refractivity contribution in [2.75, 3.05) is 0 Å². The second-order valence-electron chi connectivity index (χ2n) is 8.65. The Hall–Kier alpha value is -3.34. The van der Waals surface area contributed by atoms with E-state index >= 15 is 4.39 Å². The van der Waals surface area contributed by atoms with Crippen molar-refractivity contribution in [3.05, 3.63) is 65.7 Å². The first-order valence-corrected chi connectivity index (χ1v) is 11.5. The van der Waals surface area contributed by atoms with E-state index in [1.165, 1.54) is 24.3 Å². The Bertz CT molecular complexity index is 1300. The zero-order valence-electron chi connectivity index (χ0n) is 18.5. The smallest absolute Gasteiger partial charge is 0.404 e. The Labute approximate surface area is 190 Å². The van der Waals surface area contributed by atoms with Gasteiger partial charge in [0, 0.05) is 29.7 Å². The van der Waals surface area contributed by atoms with Crippen LogP contribution in [0.4, 0.5) is 13.6 Å². The fraction of sp³-hybridized carbons (Fsp3) is 0.318. The van der Waals surface area contributed by atoms with E-state index in [2.05, 4.69) is 15.3 Å². The van der Waals surface area contributed by atoms with Crippen molar-refractivity contribution < 1.29 is 27.1 Å². The molecule has 1 atom stereocenters. The fourth-order valence-corrected chi connectivity index (χ4v) is 4.74. The first kappa shape index (κ1) is 24.3. The van der Waals surface area contributed by atoms with Crippen molar-refractivity contribution in [3.63, 3.8) is 0 Å².